The van der Waals surface area contributed by atoms with Crippen LogP contribution in [0.3, 0.4) is 0 Å². The first-order chi connectivity index (χ1) is 9.93. The van der Waals surface area contributed by atoms with Gasteiger partial charge in [0.25, 0.3) is 0 Å². The summed E-state index contributed by atoms with van der Waals surface area (Å²) >= 11 is 0. The Morgan fingerprint density at radius 1 is 1.43 bits per heavy atom. The number of rotatable bonds is 5. The normalized spacial score (nSPS) is 12.4. The molecular weight excluding hydrogens is 279 g/mol. The number of halogens is 1. The number of aliphatic hydroxyl groups excluding tert-OH is 1. The van der Waals surface area contributed by atoms with E-state index in [0.29, 0.717) is 17.7 Å². The molecule has 0 saturated carbocycles. The van der Waals surface area contributed by atoms with Crippen LogP contribution in [0, 0.1) is 5.82 Å². The summed E-state index contributed by atoms with van der Waals surface area (Å²) in [5, 5.41) is 16.6. The van der Waals surface area contributed by atoms with Crippen LogP contribution in [0.2, 0.25) is 0 Å². The van der Waals surface area contributed by atoms with E-state index in [2.05, 4.69) is 10.4 Å². The molecule has 2 rings (SSSR count). The third-order valence-electron chi connectivity index (χ3n) is 2.94. The van der Waals surface area contributed by atoms with Gasteiger partial charge >= 0.3 is 5.69 Å². The Bertz CT molecular complexity index is 693. The third kappa shape index (κ3) is 3.10. The van der Waals surface area contributed by atoms with Gasteiger partial charge in [-0.05, 0) is 35.4 Å². The van der Waals surface area contributed by atoms with E-state index in [1.165, 1.54) is 19.2 Å². The topological polar surface area (TPSA) is 82.2 Å². The highest BCUT2D eigenvalue weighted by Gasteiger charge is 2.16. The molecule has 8 heteroatoms. The minimum atomic E-state index is -0.717. The summed E-state index contributed by atoms with van der Waals surface area (Å²) in [6, 6.07) is 2.69. The SMILES string of the molecule is CCc1cc(-n2nnn(C)c2=O)c(OCC(C)O)cc1F. The van der Waals surface area contributed by atoms with Crippen molar-refractivity contribution in [3.63, 3.8) is 0 Å². The molecule has 1 N–H and O–H groups in total. The van der Waals surface area contributed by atoms with Crippen LogP contribution in [0.4, 0.5) is 4.39 Å². The van der Waals surface area contributed by atoms with Gasteiger partial charge in [-0.25, -0.2) is 9.18 Å². The van der Waals surface area contributed by atoms with E-state index in [-0.39, 0.29) is 12.4 Å². The monoisotopic (exact) mass is 296 g/mol. The maximum atomic E-state index is 13.9. The van der Waals surface area contributed by atoms with Crippen LogP contribution in [0.25, 0.3) is 5.69 Å². The van der Waals surface area contributed by atoms with Gasteiger partial charge in [0, 0.05) is 13.1 Å². The van der Waals surface area contributed by atoms with Crippen LogP contribution in [0.15, 0.2) is 16.9 Å². The van der Waals surface area contributed by atoms with Crippen molar-refractivity contribution in [2.24, 2.45) is 7.05 Å². The van der Waals surface area contributed by atoms with E-state index in [4.69, 9.17) is 4.74 Å². The minimum Gasteiger partial charge on any atom is -0.489 e. The predicted octanol–water partition coefficient (Wildman–Crippen LogP) is 0.427. The van der Waals surface area contributed by atoms with Crippen molar-refractivity contribution in [1.82, 2.24) is 19.8 Å². The standard InChI is InChI=1S/C13H17FN4O3/c1-4-9-5-11(18-13(20)17(3)15-16-18)12(6-10(9)14)21-7-8(2)19/h5-6,8,19H,4,7H2,1-3H3. The molecular formula is C13H17FN4O3. The summed E-state index contributed by atoms with van der Waals surface area (Å²) in [6.07, 6.45) is -0.254. The van der Waals surface area contributed by atoms with Gasteiger partial charge in [-0.15, -0.1) is 0 Å². The van der Waals surface area contributed by atoms with E-state index in [1.807, 2.05) is 0 Å². The largest absolute Gasteiger partial charge is 0.489 e. The zero-order chi connectivity index (χ0) is 15.6. The fourth-order valence-electron chi connectivity index (χ4n) is 1.81. The summed E-state index contributed by atoms with van der Waals surface area (Å²) in [6.45, 7) is 3.33. The fourth-order valence-corrected chi connectivity index (χ4v) is 1.81. The molecule has 1 atom stereocenters. The summed E-state index contributed by atoms with van der Waals surface area (Å²) in [7, 11) is 1.46. The second-order valence-electron chi connectivity index (χ2n) is 4.72. The van der Waals surface area contributed by atoms with Crippen LogP contribution in [-0.4, -0.2) is 37.6 Å². The van der Waals surface area contributed by atoms with Crippen molar-refractivity contribution < 1.29 is 14.2 Å². The Hall–Kier alpha value is -2.22. The number of benzene rings is 1. The van der Waals surface area contributed by atoms with Crippen LogP contribution in [-0.2, 0) is 13.5 Å². The average molecular weight is 296 g/mol. The summed E-state index contributed by atoms with van der Waals surface area (Å²) < 4.78 is 21.4. The highest BCUT2D eigenvalue weighted by molar-refractivity contribution is 5.49. The van der Waals surface area contributed by atoms with Crippen LogP contribution >= 0.6 is 0 Å². The maximum Gasteiger partial charge on any atom is 0.368 e. The zero-order valence-electron chi connectivity index (χ0n) is 12.1. The van der Waals surface area contributed by atoms with Crippen molar-refractivity contribution in [2.45, 2.75) is 26.4 Å². The molecule has 1 aromatic carbocycles. The highest BCUT2D eigenvalue weighted by atomic mass is 19.1. The fraction of sp³-hybridized carbons (Fsp3) is 0.462. The lowest BCUT2D eigenvalue weighted by Gasteiger charge is -2.13. The second kappa shape index (κ2) is 6.04. The second-order valence-corrected chi connectivity index (χ2v) is 4.72. The van der Waals surface area contributed by atoms with Gasteiger partial charge in [0.2, 0.25) is 0 Å². The van der Waals surface area contributed by atoms with E-state index in [1.54, 1.807) is 13.8 Å². The first kappa shape index (κ1) is 15.2. The predicted molar refractivity (Wildman–Crippen MR) is 73.1 cm³/mol. The molecule has 1 unspecified atom stereocenters. The molecule has 0 aliphatic rings. The number of nitrogens with zero attached hydrogens (tertiary/aromatic N) is 4. The molecule has 21 heavy (non-hydrogen) atoms. The van der Waals surface area contributed by atoms with Gasteiger partial charge in [0.1, 0.15) is 23.9 Å². The molecule has 0 aliphatic carbocycles. The molecule has 0 amide bonds. The lowest BCUT2D eigenvalue weighted by molar-refractivity contribution is 0.122. The number of ether oxygens (including phenoxy) is 1. The lowest BCUT2D eigenvalue weighted by atomic mass is 10.1. The number of hydrogen-bond acceptors (Lipinski definition) is 5. The smallest absolute Gasteiger partial charge is 0.368 e. The van der Waals surface area contributed by atoms with E-state index in [0.717, 1.165) is 9.36 Å². The number of aliphatic hydroxyl groups is 1. The highest BCUT2D eigenvalue weighted by Crippen LogP contribution is 2.26. The van der Waals surface area contributed by atoms with Gasteiger partial charge in [0.15, 0.2) is 0 Å². The molecule has 0 bridgehead atoms. The van der Waals surface area contributed by atoms with Crippen molar-refractivity contribution >= 4 is 0 Å². The van der Waals surface area contributed by atoms with Crippen LogP contribution < -0.4 is 10.4 Å². The Kier molecular flexibility index (Phi) is 4.37. The van der Waals surface area contributed by atoms with Crippen molar-refractivity contribution in [2.75, 3.05) is 6.61 Å². The Balaban J connectivity index is 2.55. The van der Waals surface area contributed by atoms with Gasteiger partial charge in [-0.1, -0.05) is 6.92 Å². The van der Waals surface area contributed by atoms with E-state index < -0.39 is 17.6 Å². The summed E-state index contributed by atoms with van der Waals surface area (Å²) in [5.41, 5.74) is 0.268. The van der Waals surface area contributed by atoms with Crippen molar-refractivity contribution in [3.8, 4) is 11.4 Å². The molecule has 0 fully saturated rings. The number of aromatic nitrogens is 4. The first-order valence-electron chi connectivity index (χ1n) is 6.56. The summed E-state index contributed by atoms with van der Waals surface area (Å²) in [5.74, 6) is -0.299. The molecule has 1 heterocycles. The van der Waals surface area contributed by atoms with Crippen LogP contribution in [0.1, 0.15) is 19.4 Å². The number of hydrogen-bond donors (Lipinski definition) is 1. The lowest BCUT2D eigenvalue weighted by Crippen LogP contribution is -2.23. The molecule has 2 aromatic rings. The van der Waals surface area contributed by atoms with Gasteiger partial charge in [-0.2, -0.15) is 9.36 Å². The minimum absolute atomic E-state index is 0.0209. The first-order valence-corrected chi connectivity index (χ1v) is 6.56. The molecule has 0 radical (unpaired) electrons. The summed E-state index contributed by atoms with van der Waals surface area (Å²) in [4.78, 5) is 11.9. The molecule has 1 aromatic heterocycles. The van der Waals surface area contributed by atoms with E-state index >= 15 is 0 Å². The van der Waals surface area contributed by atoms with E-state index in [9.17, 15) is 14.3 Å². The Morgan fingerprint density at radius 3 is 2.67 bits per heavy atom. The molecule has 0 aliphatic heterocycles. The molecule has 7 nitrogen and oxygen atoms in total. The maximum absolute atomic E-state index is 13.9. The number of aryl methyl sites for hydroxylation is 2. The molecule has 0 saturated heterocycles. The quantitative estimate of drug-likeness (QED) is 0.865. The Morgan fingerprint density at radius 2 is 2.14 bits per heavy atom. The van der Waals surface area contributed by atoms with Crippen molar-refractivity contribution in [1.29, 1.82) is 0 Å². The Labute approximate surface area is 120 Å². The van der Waals surface area contributed by atoms with Gasteiger partial charge in [-0.3, -0.25) is 0 Å². The average Bonchev–Trinajstić information content (AvgIpc) is 2.77. The molecule has 0 spiro atoms. The van der Waals surface area contributed by atoms with Crippen LogP contribution in [0.5, 0.6) is 5.75 Å². The van der Waals surface area contributed by atoms with Gasteiger partial charge < -0.3 is 9.84 Å². The third-order valence-corrected chi connectivity index (χ3v) is 2.94. The zero-order valence-corrected chi connectivity index (χ0v) is 12.1. The molecule has 114 valence electrons. The number of tetrazole rings is 1. The van der Waals surface area contributed by atoms with Crippen molar-refractivity contribution in [3.05, 3.63) is 34.0 Å². The van der Waals surface area contributed by atoms with Gasteiger partial charge in [0.05, 0.1) is 6.10 Å².